The maximum absolute atomic E-state index is 14.6. The zero-order valence-corrected chi connectivity index (χ0v) is 18.2. The van der Waals surface area contributed by atoms with Crippen LogP contribution in [0.3, 0.4) is 0 Å². The smallest absolute Gasteiger partial charge is 0.255 e. The Hall–Kier alpha value is -3.33. The topological polar surface area (TPSA) is 47.0 Å². The maximum Gasteiger partial charge on any atom is 0.418 e. The van der Waals surface area contributed by atoms with Crippen LogP contribution in [0.1, 0.15) is 11.1 Å². The Kier molecular flexibility index (Phi) is 5.48. The molecule has 0 aliphatic rings. The van der Waals surface area contributed by atoms with Gasteiger partial charge in [-0.05, 0) is 47.4 Å². The van der Waals surface area contributed by atoms with Crippen LogP contribution < -0.4 is 0 Å². The molecule has 0 spiro atoms. The zero-order chi connectivity index (χ0) is 24.1. The zero-order valence-electron chi connectivity index (χ0n) is 17.3. The highest BCUT2D eigenvalue weighted by Gasteiger charge is 2.33. The van der Waals surface area contributed by atoms with E-state index in [4.69, 9.17) is 0 Å². The molecule has 0 aliphatic heterocycles. The number of halogens is 5. The molecule has 0 radical (unpaired) electrons. The highest BCUT2D eigenvalue weighted by molar-refractivity contribution is 7.90. The Morgan fingerprint density at radius 3 is 2.21 bits per heavy atom. The Bertz CT molecular complexity index is 1510. The molecular formula is C24H16F5NO2S. The summed E-state index contributed by atoms with van der Waals surface area (Å²) in [5, 5.41) is 0.262. The number of hydrogen-bond acceptors (Lipinski definition) is 3. The van der Waals surface area contributed by atoms with E-state index in [0.29, 0.717) is 22.8 Å². The summed E-state index contributed by atoms with van der Waals surface area (Å²) in [6, 6.07) is 11.4. The molecule has 1 aromatic heterocycles. The molecule has 3 aromatic carbocycles. The first-order valence-electron chi connectivity index (χ1n) is 9.63. The molecule has 0 bridgehead atoms. The largest absolute Gasteiger partial charge is 0.418 e. The minimum atomic E-state index is -4.60. The molecule has 0 amide bonds. The molecule has 0 saturated heterocycles. The standard InChI is InChI=1S/C24H16F5NO2S/c1-13-12-30-23-16(7-4-8-18(23)24(27,28)29)22(13)15-6-3-5-14(9-15)17-10-21(33(2,31)32)20(26)11-19(17)25/h3-12H,1-2H3. The number of benzene rings is 3. The molecular weight excluding hydrogens is 461 g/mol. The first-order valence-corrected chi connectivity index (χ1v) is 11.5. The summed E-state index contributed by atoms with van der Waals surface area (Å²) in [5.74, 6) is -2.17. The van der Waals surface area contributed by atoms with Crippen molar-refractivity contribution in [3.05, 3.63) is 83.6 Å². The van der Waals surface area contributed by atoms with Crippen LogP contribution in [0.15, 0.2) is 65.7 Å². The minimum Gasteiger partial charge on any atom is -0.255 e. The Morgan fingerprint density at radius 1 is 0.879 bits per heavy atom. The number of sulfone groups is 1. The molecule has 1 heterocycles. The molecule has 0 N–H and O–H groups in total. The van der Waals surface area contributed by atoms with Gasteiger partial charge in [-0.2, -0.15) is 13.2 Å². The summed E-state index contributed by atoms with van der Waals surface area (Å²) in [6.45, 7) is 1.69. The number of hydrogen-bond donors (Lipinski definition) is 0. The third-order valence-corrected chi connectivity index (χ3v) is 6.39. The highest BCUT2D eigenvalue weighted by atomic mass is 32.2. The maximum atomic E-state index is 14.6. The first kappa shape index (κ1) is 22.8. The van der Waals surface area contributed by atoms with Gasteiger partial charge in [0.25, 0.3) is 0 Å². The van der Waals surface area contributed by atoms with Crippen molar-refractivity contribution in [1.82, 2.24) is 4.98 Å². The van der Waals surface area contributed by atoms with Gasteiger partial charge in [0.15, 0.2) is 9.84 Å². The number of nitrogens with zero attached hydrogens (tertiary/aromatic N) is 1. The van der Waals surface area contributed by atoms with Crippen LogP contribution in [0, 0.1) is 18.6 Å². The second kappa shape index (κ2) is 7.91. The van der Waals surface area contributed by atoms with Gasteiger partial charge >= 0.3 is 6.18 Å². The van der Waals surface area contributed by atoms with Crippen molar-refractivity contribution >= 4 is 20.7 Å². The average molecular weight is 477 g/mol. The van der Waals surface area contributed by atoms with Gasteiger partial charge in [-0.15, -0.1) is 0 Å². The summed E-state index contributed by atoms with van der Waals surface area (Å²) in [4.78, 5) is 3.34. The second-order valence-electron chi connectivity index (χ2n) is 7.63. The van der Waals surface area contributed by atoms with Gasteiger partial charge in [0, 0.05) is 29.5 Å². The van der Waals surface area contributed by atoms with E-state index in [1.54, 1.807) is 19.1 Å². The van der Waals surface area contributed by atoms with Gasteiger partial charge in [-0.3, -0.25) is 4.98 Å². The van der Waals surface area contributed by atoms with Gasteiger partial charge in [0.1, 0.15) is 16.5 Å². The molecule has 0 atom stereocenters. The van der Waals surface area contributed by atoms with Crippen LogP contribution in [0.4, 0.5) is 22.0 Å². The summed E-state index contributed by atoms with van der Waals surface area (Å²) >= 11 is 0. The lowest BCUT2D eigenvalue weighted by molar-refractivity contribution is -0.136. The monoisotopic (exact) mass is 477 g/mol. The number of aromatic nitrogens is 1. The van der Waals surface area contributed by atoms with Crippen LogP contribution in [-0.2, 0) is 16.0 Å². The summed E-state index contributed by atoms with van der Waals surface area (Å²) < 4.78 is 92.8. The van der Waals surface area contributed by atoms with Gasteiger partial charge in [-0.1, -0.05) is 30.3 Å². The molecule has 0 unspecified atom stereocenters. The molecule has 33 heavy (non-hydrogen) atoms. The van der Waals surface area contributed by atoms with Crippen molar-refractivity contribution in [3.63, 3.8) is 0 Å². The Balaban J connectivity index is 1.96. The number of para-hydroxylation sites is 1. The quantitative estimate of drug-likeness (QED) is 0.247. The molecule has 4 rings (SSSR count). The SMILES string of the molecule is Cc1cnc2c(C(F)(F)F)cccc2c1-c1cccc(-c2cc(S(C)(=O)=O)c(F)cc2F)c1. The third kappa shape index (κ3) is 4.20. The van der Waals surface area contributed by atoms with Crippen LogP contribution in [-0.4, -0.2) is 19.7 Å². The fourth-order valence-electron chi connectivity index (χ4n) is 3.81. The van der Waals surface area contributed by atoms with Crippen LogP contribution >= 0.6 is 0 Å². The molecule has 0 fully saturated rings. The highest BCUT2D eigenvalue weighted by Crippen LogP contribution is 2.39. The fourth-order valence-corrected chi connectivity index (χ4v) is 4.56. The summed E-state index contributed by atoms with van der Waals surface area (Å²) in [6.07, 6.45) is -2.45. The molecule has 170 valence electrons. The van der Waals surface area contributed by atoms with E-state index in [2.05, 4.69) is 4.98 Å². The van der Waals surface area contributed by atoms with Gasteiger partial charge in [0.2, 0.25) is 0 Å². The minimum absolute atomic E-state index is 0.148. The predicted molar refractivity (Wildman–Crippen MR) is 115 cm³/mol. The molecule has 3 nitrogen and oxygen atoms in total. The van der Waals surface area contributed by atoms with Crippen LogP contribution in [0.5, 0.6) is 0 Å². The van der Waals surface area contributed by atoms with E-state index in [1.807, 2.05) is 0 Å². The third-order valence-electron chi connectivity index (χ3n) is 5.28. The van der Waals surface area contributed by atoms with E-state index >= 15 is 0 Å². The lowest BCUT2D eigenvalue weighted by Gasteiger charge is -2.15. The number of fused-ring (bicyclic) bond motifs is 1. The van der Waals surface area contributed by atoms with Gasteiger partial charge < -0.3 is 0 Å². The van der Waals surface area contributed by atoms with Crippen molar-refractivity contribution in [2.24, 2.45) is 0 Å². The average Bonchev–Trinajstić information content (AvgIpc) is 2.71. The van der Waals surface area contributed by atoms with E-state index in [0.717, 1.165) is 18.4 Å². The number of alkyl halides is 3. The van der Waals surface area contributed by atoms with Crippen molar-refractivity contribution < 1.29 is 30.4 Å². The van der Waals surface area contributed by atoms with Crippen molar-refractivity contribution in [3.8, 4) is 22.3 Å². The van der Waals surface area contributed by atoms with Crippen molar-refractivity contribution in [2.75, 3.05) is 6.26 Å². The first-order chi connectivity index (χ1) is 15.4. The van der Waals surface area contributed by atoms with Crippen molar-refractivity contribution in [2.45, 2.75) is 18.0 Å². The lowest BCUT2D eigenvalue weighted by Crippen LogP contribution is -2.07. The summed E-state index contributed by atoms with van der Waals surface area (Å²) in [5.41, 5.74) is 0.538. The number of aryl methyl sites for hydroxylation is 1. The Morgan fingerprint density at radius 2 is 1.55 bits per heavy atom. The van der Waals surface area contributed by atoms with E-state index in [-0.39, 0.29) is 22.0 Å². The van der Waals surface area contributed by atoms with E-state index < -0.39 is 38.1 Å². The Labute approximate surface area is 186 Å². The number of rotatable bonds is 3. The summed E-state index contributed by atoms with van der Waals surface area (Å²) in [7, 11) is -3.95. The molecule has 4 aromatic rings. The lowest BCUT2D eigenvalue weighted by atomic mass is 9.93. The molecule has 0 aliphatic carbocycles. The second-order valence-corrected chi connectivity index (χ2v) is 9.62. The normalized spacial score (nSPS) is 12.3. The predicted octanol–water partition coefficient (Wildman–Crippen LogP) is 6.58. The van der Waals surface area contributed by atoms with Gasteiger partial charge in [0.05, 0.1) is 11.1 Å². The molecule has 0 saturated carbocycles. The fraction of sp³-hybridized carbons (Fsp3) is 0.125. The number of pyridine rings is 1. The van der Waals surface area contributed by atoms with Gasteiger partial charge in [-0.25, -0.2) is 17.2 Å². The van der Waals surface area contributed by atoms with Crippen LogP contribution in [0.25, 0.3) is 33.2 Å². The van der Waals surface area contributed by atoms with E-state index in [9.17, 15) is 30.4 Å². The van der Waals surface area contributed by atoms with Crippen molar-refractivity contribution in [1.29, 1.82) is 0 Å². The van der Waals surface area contributed by atoms with E-state index in [1.165, 1.54) is 30.5 Å². The van der Waals surface area contributed by atoms with Crippen LogP contribution in [0.2, 0.25) is 0 Å². The molecule has 9 heteroatoms.